The molecule has 0 heterocycles. The number of rotatable bonds is 0. The molecule has 2 aliphatic carbocycles. The third-order valence-corrected chi connectivity index (χ3v) is 4.63. The van der Waals surface area contributed by atoms with E-state index < -0.39 is 0 Å². The van der Waals surface area contributed by atoms with Crippen molar-refractivity contribution in [2.24, 2.45) is 21.9 Å². The molecule has 0 aromatic heterocycles. The summed E-state index contributed by atoms with van der Waals surface area (Å²) >= 11 is 0. The number of fused-ring (bicyclic) bond motifs is 2. The van der Waals surface area contributed by atoms with Crippen LogP contribution in [0.4, 0.5) is 0 Å². The van der Waals surface area contributed by atoms with Crippen molar-refractivity contribution in [1.29, 1.82) is 0 Å². The van der Waals surface area contributed by atoms with Gasteiger partial charge < -0.3 is 5.21 Å². The topological polar surface area (TPSA) is 32.6 Å². The van der Waals surface area contributed by atoms with E-state index in [-0.39, 0.29) is 5.41 Å². The van der Waals surface area contributed by atoms with Crippen LogP contribution in [0.3, 0.4) is 0 Å². The van der Waals surface area contributed by atoms with Gasteiger partial charge in [-0.1, -0.05) is 25.9 Å². The molecule has 0 amide bonds. The average molecular weight is 167 g/mol. The summed E-state index contributed by atoms with van der Waals surface area (Å²) in [6.45, 7) is 6.86. The summed E-state index contributed by atoms with van der Waals surface area (Å²) in [5, 5.41) is 12.3. The van der Waals surface area contributed by atoms with Crippen LogP contribution in [-0.4, -0.2) is 10.9 Å². The van der Waals surface area contributed by atoms with E-state index in [4.69, 9.17) is 5.21 Å². The summed E-state index contributed by atoms with van der Waals surface area (Å²) in [5.74, 6) is 0.744. The van der Waals surface area contributed by atoms with Crippen LogP contribution in [0.1, 0.15) is 40.0 Å². The highest BCUT2D eigenvalue weighted by Gasteiger charge is 2.60. The van der Waals surface area contributed by atoms with Gasteiger partial charge in [0, 0.05) is 5.41 Å². The summed E-state index contributed by atoms with van der Waals surface area (Å²) in [5.41, 5.74) is 1.55. The van der Waals surface area contributed by atoms with E-state index in [1.54, 1.807) is 0 Å². The van der Waals surface area contributed by atoms with Gasteiger partial charge in [0.2, 0.25) is 0 Å². The minimum atomic E-state index is 0.173. The van der Waals surface area contributed by atoms with Gasteiger partial charge in [-0.15, -0.1) is 0 Å². The third-order valence-electron chi connectivity index (χ3n) is 4.63. The van der Waals surface area contributed by atoms with Gasteiger partial charge in [0.05, 0.1) is 5.71 Å². The van der Waals surface area contributed by atoms with Gasteiger partial charge in [0.25, 0.3) is 0 Å². The Hall–Kier alpha value is -0.530. The lowest BCUT2D eigenvalue weighted by Gasteiger charge is -2.33. The molecule has 0 aromatic carbocycles. The molecule has 2 atom stereocenters. The highest BCUT2D eigenvalue weighted by atomic mass is 16.4. The average Bonchev–Trinajstić information content (AvgIpc) is 2.34. The first-order chi connectivity index (χ1) is 5.52. The molecular weight excluding hydrogens is 150 g/mol. The lowest BCUT2D eigenvalue weighted by molar-refractivity contribution is 0.190. The third kappa shape index (κ3) is 0.644. The minimum Gasteiger partial charge on any atom is -0.411 e. The zero-order chi connectivity index (χ0) is 8.98. The van der Waals surface area contributed by atoms with E-state index in [0.29, 0.717) is 5.41 Å². The minimum absolute atomic E-state index is 0.173. The maximum absolute atomic E-state index is 8.87. The first-order valence-electron chi connectivity index (χ1n) is 4.74. The number of hydrogen-bond donors (Lipinski definition) is 1. The van der Waals surface area contributed by atoms with Crippen LogP contribution in [0, 0.1) is 16.7 Å². The number of oxime groups is 1. The molecule has 0 radical (unpaired) electrons. The van der Waals surface area contributed by atoms with Gasteiger partial charge in [0.1, 0.15) is 0 Å². The summed E-state index contributed by atoms with van der Waals surface area (Å²) in [6, 6.07) is 0. The van der Waals surface area contributed by atoms with Gasteiger partial charge in [-0.3, -0.25) is 0 Å². The number of hydrogen-bond acceptors (Lipinski definition) is 2. The van der Waals surface area contributed by atoms with Crippen LogP contribution in [0.15, 0.2) is 5.16 Å². The van der Waals surface area contributed by atoms with Crippen LogP contribution in [0.2, 0.25) is 0 Å². The fourth-order valence-corrected chi connectivity index (χ4v) is 3.08. The van der Waals surface area contributed by atoms with Gasteiger partial charge in [0.15, 0.2) is 0 Å². The Morgan fingerprint density at radius 3 is 2.33 bits per heavy atom. The largest absolute Gasteiger partial charge is 0.411 e. The predicted molar refractivity (Wildman–Crippen MR) is 48.5 cm³/mol. The highest BCUT2D eigenvalue weighted by Crippen LogP contribution is 2.63. The molecule has 1 unspecified atom stereocenters. The lowest BCUT2D eigenvalue weighted by Crippen LogP contribution is -2.32. The zero-order valence-corrected chi connectivity index (χ0v) is 8.09. The Morgan fingerprint density at radius 2 is 2.08 bits per heavy atom. The van der Waals surface area contributed by atoms with Crippen molar-refractivity contribution in [2.75, 3.05) is 0 Å². The summed E-state index contributed by atoms with van der Waals surface area (Å²) in [7, 11) is 0. The van der Waals surface area contributed by atoms with Crippen molar-refractivity contribution in [3.8, 4) is 0 Å². The Kier molecular flexibility index (Phi) is 1.37. The normalized spacial score (nSPS) is 47.2. The molecule has 2 saturated carbocycles. The molecule has 2 fully saturated rings. The fraction of sp³-hybridized carbons (Fsp3) is 0.900. The van der Waals surface area contributed by atoms with Gasteiger partial charge in [-0.05, 0) is 30.6 Å². The maximum Gasteiger partial charge on any atom is 0.0638 e. The van der Waals surface area contributed by atoms with Gasteiger partial charge in [-0.2, -0.15) is 0 Å². The molecule has 0 spiro atoms. The molecule has 2 nitrogen and oxygen atoms in total. The molecular formula is C10H17NO. The van der Waals surface area contributed by atoms with Crippen molar-refractivity contribution >= 4 is 5.71 Å². The summed E-state index contributed by atoms with van der Waals surface area (Å²) in [6.07, 6.45) is 3.52. The maximum atomic E-state index is 8.87. The molecule has 12 heavy (non-hydrogen) atoms. The van der Waals surface area contributed by atoms with Crippen molar-refractivity contribution in [2.45, 2.75) is 40.0 Å². The smallest absolute Gasteiger partial charge is 0.0638 e. The molecule has 0 saturated heterocycles. The second-order valence-corrected chi connectivity index (χ2v) is 5.04. The van der Waals surface area contributed by atoms with Crippen LogP contribution in [-0.2, 0) is 0 Å². The van der Waals surface area contributed by atoms with E-state index in [1.165, 1.54) is 12.8 Å². The Bertz CT molecular complexity index is 244. The number of nitrogens with zero attached hydrogens (tertiary/aromatic N) is 1. The lowest BCUT2D eigenvalue weighted by atomic mass is 9.70. The van der Waals surface area contributed by atoms with E-state index in [2.05, 4.69) is 25.9 Å². The Morgan fingerprint density at radius 1 is 1.42 bits per heavy atom. The van der Waals surface area contributed by atoms with E-state index >= 15 is 0 Å². The van der Waals surface area contributed by atoms with Crippen molar-refractivity contribution in [3.63, 3.8) is 0 Å². The SMILES string of the molecule is CC1(C)C2CC[C@]1(C)C(=NO)C2. The fourth-order valence-electron chi connectivity index (χ4n) is 3.08. The quantitative estimate of drug-likeness (QED) is 0.436. The van der Waals surface area contributed by atoms with Crippen molar-refractivity contribution < 1.29 is 5.21 Å². The standard InChI is InChI=1S/C10H17NO/c1-9(2)7-4-5-10(9,3)8(6-7)11-12/h7,12H,4-6H2,1-3H3/t7?,10-/m1/s1. The van der Waals surface area contributed by atoms with E-state index in [0.717, 1.165) is 18.1 Å². The predicted octanol–water partition coefficient (Wildman–Crippen LogP) is 2.66. The monoisotopic (exact) mass is 167 g/mol. The zero-order valence-electron chi connectivity index (χ0n) is 8.09. The molecule has 2 rings (SSSR count). The van der Waals surface area contributed by atoms with E-state index in [9.17, 15) is 0 Å². The van der Waals surface area contributed by atoms with Crippen molar-refractivity contribution in [3.05, 3.63) is 0 Å². The van der Waals surface area contributed by atoms with Crippen LogP contribution < -0.4 is 0 Å². The summed E-state index contributed by atoms with van der Waals surface area (Å²) < 4.78 is 0. The van der Waals surface area contributed by atoms with Crippen LogP contribution in [0.25, 0.3) is 0 Å². The molecule has 2 aliphatic rings. The summed E-state index contributed by atoms with van der Waals surface area (Å²) in [4.78, 5) is 0. The Balaban J connectivity index is 2.46. The molecule has 0 aliphatic heterocycles. The van der Waals surface area contributed by atoms with Crippen molar-refractivity contribution in [1.82, 2.24) is 0 Å². The molecule has 68 valence electrons. The first kappa shape index (κ1) is 8.09. The van der Waals surface area contributed by atoms with Crippen LogP contribution >= 0.6 is 0 Å². The Labute approximate surface area is 73.7 Å². The van der Waals surface area contributed by atoms with Gasteiger partial charge in [-0.25, -0.2) is 0 Å². The molecule has 0 aromatic rings. The first-order valence-corrected chi connectivity index (χ1v) is 4.74. The molecule has 2 heteroatoms. The van der Waals surface area contributed by atoms with Crippen LogP contribution in [0.5, 0.6) is 0 Å². The second-order valence-electron chi connectivity index (χ2n) is 5.04. The molecule has 2 bridgehead atoms. The second kappa shape index (κ2) is 2.04. The van der Waals surface area contributed by atoms with Gasteiger partial charge >= 0.3 is 0 Å². The molecule has 1 N–H and O–H groups in total. The van der Waals surface area contributed by atoms with E-state index in [1.807, 2.05) is 0 Å². The highest BCUT2D eigenvalue weighted by molar-refractivity contribution is 5.93.